The highest BCUT2D eigenvalue weighted by Crippen LogP contribution is 2.62. The van der Waals surface area contributed by atoms with Gasteiger partial charge in [0, 0.05) is 18.3 Å². The first-order valence-electron chi connectivity index (χ1n) is 9.09. The smallest absolute Gasteiger partial charge is 0.197 e. The standard InChI is InChI=1S/C20H27NO3/c1-12(22)19(2)9-6-14-13(15(19)8-11-21)4-5-16-18(24)17(23)7-10-20(14,16)3/h13-15,24H,4-10H2,1-3H3/t13-,14+,15?,19-,20-/m1/s1. The summed E-state index contributed by atoms with van der Waals surface area (Å²) in [4.78, 5) is 24.2. The van der Waals surface area contributed by atoms with E-state index in [1.54, 1.807) is 6.92 Å². The minimum Gasteiger partial charge on any atom is -0.504 e. The van der Waals surface area contributed by atoms with E-state index in [1.165, 1.54) is 0 Å². The van der Waals surface area contributed by atoms with Crippen LogP contribution in [0.5, 0.6) is 0 Å². The van der Waals surface area contributed by atoms with Crippen molar-refractivity contribution in [1.82, 2.24) is 0 Å². The van der Waals surface area contributed by atoms with E-state index in [0.29, 0.717) is 31.1 Å². The number of hydrogen-bond donors (Lipinski definition) is 1. The van der Waals surface area contributed by atoms with Crippen molar-refractivity contribution in [2.24, 2.45) is 28.6 Å². The third kappa shape index (κ3) is 2.24. The first-order chi connectivity index (χ1) is 11.3. The zero-order chi connectivity index (χ0) is 17.7. The summed E-state index contributed by atoms with van der Waals surface area (Å²) in [6, 6.07) is 2.31. The Bertz CT molecular complexity index is 658. The van der Waals surface area contributed by atoms with Gasteiger partial charge in [0.1, 0.15) is 5.78 Å². The summed E-state index contributed by atoms with van der Waals surface area (Å²) < 4.78 is 0. The molecule has 3 aliphatic rings. The molecule has 0 amide bonds. The average molecular weight is 329 g/mol. The number of hydrogen-bond acceptors (Lipinski definition) is 4. The van der Waals surface area contributed by atoms with Crippen LogP contribution in [0.3, 0.4) is 0 Å². The number of carbonyl (C=O) groups excluding carboxylic acids is 2. The van der Waals surface area contributed by atoms with Crippen molar-refractivity contribution in [1.29, 1.82) is 5.26 Å². The van der Waals surface area contributed by atoms with Gasteiger partial charge in [-0.1, -0.05) is 13.8 Å². The number of aliphatic hydroxyl groups excluding tert-OH is 1. The number of aliphatic hydroxyl groups is 1. The molecule has 5 atom stereocenters. The Morgan fingerprint density at radius 2 is 2.00 bits per heavy atom. The van der Waals surface area contributed by atoms with Gasteiger partial charge in [-0.15, -0.1) is 0 Å². The van der Waals surface area contributed by atoms with Crippen LogP contribution in [0, 0.1) is 39.9 Å². The molecule has 2 saturated carbocycles. The SMILES string of the molecule is CC(=O)[C@@]1(C)CC[C@H]2[C@@H](CCC3=C(O)C(=O)CC[C@@]32C)C1CC#N. The van der Waals surface area contributed by atoms with Gasteiger partial charge in [0.15, 0.2) is 11.5 Å². The van der Waals surface area contributed by atoms with E-state index in [1.807, 2.05) is 6.92 Å². The highest BCUT2D eigenvalue weighted by atomic mass is 16.3. The predicted molar refractivity (Wildman–Crippen MR) is 90.0 cm³/mol. The third-order valence-corrected chi connectivity index (χ3v) is 7.60. The van der Waals surface area contributed by atoms with Crippen molar-refractivity contribution in [2.45, 2.75) is 65.7 Å². The molecule has 130 valence electrons. The molecule has 0 heterocycles. The Morgan fingerprint density at radius 1 is 1.29 bits per heavy atom. The van der Waals surface area contributed by atoms with Crippen LogP contribution in [0.4, 0.5) is 0 Å². The molecular formula is C20H27NO3. The van der Waals surface area contributed by atoms with Crippen LogP contribution < -0.4 is 0 Å². The molecule has 4 nitrogen and oxygen atoms in total. The van der Waals surface area contributed by atoms with Crippen LogP contribution in [0.2, 0.25) is 0 Å². The van der Waals surface area contributed by atoms with E-state index in [2.05, 4.69) is 13.0 Å². The van der Waals surface area contributed by atoms with Gasteiger partial charge in [-0.05, 0) is 67.8 Å². The molecular weight excluding hydrogens is 302 g/mol. The van der Waals surface area contributed by atoms with Crippen molar-refractivity contribution in [3.8, 4) is 6.07 Å². The van der Waals surface area contributed by atoms with Crippen molar-refractivity contribution >= 4 is 11.6 Å². The summed E-state index contributed by atoms with van der Waals surface area (Å²) in [6.45, 7) is 5.87. The van der Waals surface area contributed by atoms with E-state index in [-0.39, 0.29) is 28.7 Å². The van der Waals surface area contributed by atoms with Gasteiger partial charge in [-0.2, -0.15) is 5.26 Å². The lowest BCUT2D eigenvalue weighted by molar-refractivity contribution is -0.138. The third-order valence-electron chi connectivity index (χ3n) is 7.60. The molecule has 0 spiro atoms. The monoisotopic (exact) mass is 329 g/mol. The van der Waals surface area contributed by atoms with E-state index in [9.17, 15) is 20.0 Å². The van der Waals surface area contributed by atoms with Crippen LogP contribution in [0.25, 0.3) is 0 Å². The molecule has 0 aliphatic heterocycles. The summed E-state index contributed by atoms with van der Waals surface area (Å²) in [7, 11) is 0. The topological polar surface area (TPSA) is 78.2 Å². The normalized spacial score (nSPS) is 42.1. The fourth-order valence-corrected chi connectivity index (χ4v) is 5.92. The van der Waals surface area contributed by atoms with Crippen molar-refractivity contribution < 1.29 is 14.7 Å². The van der Waals surface area contributed by atoms with Gasteiger partial charge in [0.25, 0.3) is 0 Å². The zero-order valence-corrected chi connectivity index (χ0v) is 14.9. The van der Waals surface area contributed by atoms with Crippen molar-refractivity contribution in [3.63, 3.8) is 0 Å². The van der Waals surface area contributed by atoms with Gasteiger partial charge >= 0.3 is 0 Å². The van der Waals surface area contributed by atoms with Gasteiger partial charge in [-0.3, -0.25) is 9.59 Å². The van der Waals surface area contributed by atoms with Crippen LogP contribution in [0.15, 0.2) is 11.3 Å². The van der Waals surface area contributed by atoms with Crippen LogP contribution in [0.1, 0.15) is 65.7 Å². The van der Waals surface area contributed by atoms with Crippen LogP contribution in [-0.2, 0) is 9.59 Å². The largest absolute Gasteiger partial charge is 0.504 e. The second-order valence-corrected chi connectivity index (χ2v) is 8.46. The molecule has 3 aliphatic carbocycles. The Labute approximate surface area is 143 Å². The van der Waals surface area contributed by atoms with Gasteiger partial charge in [-0.25, -0.2) is 0 Å². The highest BCUT2D eigenvalue weighted by molar-refractivity contribution is 5.95. The number of rotatable bonds is 2. The number of Topliss-reactive ketones (excluding diaryl/α,β-unsaturated/α-hetero) is 2. The van der Waals surface area contributed by atoms with Gasteiger partial charge in [0.05, 0.1) is 6.07 Å². The lowest BCUT2D eigenvalue weighted by Crippen LogP contribution is -2.53. The van der Waals surface area contributed by atoms with E-state index < -0.39 is 5.41 Å². The molecule has 1 unspecified atom stereocenters. The Balaban J connectivity index is 2.02. The quantitative estimate of drug-likeness (QED) is 0.827. The number of carbonyl (C=O) groups is 2. The van der Waals surface area contributed by atoms with Crippen LogP contribution >= 0.6 is 0 Å². The molecule has 3 rings (SSSR count). The first-order valence-corrected chi connectivity index (χ1v) is 9.09. The first kappa shape index (κ1) is 17.2. The lowest BCUT2D eigenvalue weighted by atomic mass is 9.46. The number of allylic oxidation sites excluding steroid dienone is 2. The van der Waals surface area contributed by atoms with E-state index in [4.69, 9.17) is 0 Å². The maximum Gasteiger partial charge on any atom is 0.197 e. The van der Waals surface area contributed by atoms with Crippen molar-refractivity contribution in [3.05, 3.63) is 11.3 Å². The molecule has 0 aromatic heterocycles. The average Bonchev–Trinajstić information content (AvgIpc) is 2.54. The minimum atomic E-state index is -0.416. The maximum absolute atomic E-state index is 12.3. The molecule has 2 fully saturated rings. The molecule has 4 heteroatoms. The Kier molecular flexibility index (Phi) is 4.10. The second kappa shape index (κ2) is 5.72. The number of nitriles is 1. The predicted octanol–water partition coefficient (Wildman–Crippen LogP) is 4.11. The lowest BCUT2D eigenvalue weighted by Gasteiger charge is -2.57. The molecule has 0 radical (unpaired) electrons. The Morgan fingerprint density at radius 3 is 2.62 bits per heavy atom. The summed E-state index contributed by atoms with van der Waals surface area (Å²) in [5.41, 5.74) is 0.357. The number of nitrogens with zero attached hydrogens (tertiary/aromatic N) is 1. The van der Waals surface area contributed by atoms with Crippen molar-refractivity contribution in [2.75, 3.05) is 0 Å². The molecule has 0 saturated heterocycles. The molecule has 0 aromatic carbocycles. The van der Waals surface area contributed by atoms with Gasteiger partial charge in [0.2, 0.25) is 0 Å². The molecule has 0 aromatic rings. The zero-order valence-electron chi connectivity index (χ0n) is 14.9. The summed E-state index contributed by atoms with van der Waals surface area (Å²) in [5, 5.41) is 19.7. The second-order valence-electron chi connectivity index (χ2n) is 8.46. The molecule has 1 N–H and O–H groups in total. The summed E-state index contributed by atoms with van der Waals surface area (Å²) in [5.74, 6) is 0.813. The highest BCUT2D eigenvalue weighted by Gasteiger charge is 2.57. The van der Waals surface area contributed by atoms with Gasteiger partial charge < -0.3 is 5.11 Å². The Hall–Kier alpha value is -1.63. The van der Waals surface area contributed by atoms with E-state index >= 15 is 0 Å². The summed E-state index contributed by atoms with van der Waals surface area (Å²) >= 11 is 0. The minimum absolute atomic E-state index is 0.000985. The number of ketones is 2. The number of fused-ring (bicyclic) bond motifs is 3. The van der Waals surface area contributed by atoms with E-state index in [0.717, 1.165) is 31.3 Å². The molecule has 0 bridgehead atoms. The maximum atomic E-state index is 12.3. The van der Waals surface area contributed by atoms with Crippen LogP contribution in [-0.4, -0.2) is 16.7 Å². The fraction of sp³-hybridized carbons (Fsp3) is 0.750. The summed E-state index contributed by atoms with van der Waals surface area (Å²) in [6.07, 6.45) is 4.91. The fourth-order valence-electron chi connectivity index (χ4n) is 5.92. The molecule has 24 heavy (non-hydrogen) atoms.